The number of carbonyl (C=O) groups is 1. The average Bonchev–Trinajstić information content (AvgIpc) is 2.51. The summed E-state index contributed by atoms with van der Waals surface area (Å²) in [4.78, 5) is 14.4. The molecule has 0 saturated carbocycles. The smallest absolute Gasteiger partial charge is 0.315 e. The van der Waals surface area contributed by atoms with Gasteiger partial charge in [-0.3, -0.25) is 0 Å². The SMILES string of the molecule is CC(C)CN1CCC(NC(=O)NCCc2ccc(F)cc2)CC1. The van der Waals surface area contributed by atoms with Gasteiger partial charge in [0.1, 0.15) is 5.82 Å². The predicted molar refractivity (Wildman–Crippen MR) is 90.9 cm³/mol. The highest BCUT2D eigenvalue weighted by Crippen LogP contribution is 2.12. The fourth-order valence-corrected chi connectivity index (χ4v) is 2.98. The second kappa shape index (κ2) is 8.87. The number of amides is 2. The minimum atomic E-state index is -0.233. The lowest BCUT2D eigenvalue weighted by Crippen LogP contribution is -2.48. The van der Waals surface area contributed by atoms with Crippen molar-refractivity contribution in [3.8, 4) is 0 Å². The largest absolute Gasteiger partial charge is 0.338 e. The third-order valence-corrected chi connectivity index (χ3v) is 4.16. The Bertz CT molecular complexity index is 482. The maximum Gasteiger partial charge on any atom is 0.315 e. The van der Waals surface area contributed by atoms with E-state index in [1.807, 2.05) is 0 Å². The molecule has 4 nitrogen and oxygen atoms in total. The molecule has 1 fully saturated rings. The van der Waals surface area contributed by atoms with Crippen LogP contribution in [0.3, 0.4) is 0 Å². The molecule has 128 valence electrons. The lowest BCUT2D eigenvalue weighted by molar-refractivity contribution is 0.178. The van der Waals surface area contributed by atoms with Crippen molar-refractivity contribution in [3.05, 3.63) is 35.6 Å². The molecule has 1 aromatic rings. The molecule has 0 aliphatic carbocycles. The van der Waals surface area contributed by atoms with Crippen molar-refractivity contribution in [3.63, 3.8) is 0 Å². The van der Waals surface area contributed by atoms with Crippen LogP contribution in [-0.4, -0.2) is 43.2 Å². The summed E-state index contributed by atoms with van der Waals surface area (Å²) in [6.45, 7) is 8.27. The van der Waals surface area contributed by atoms with Gasteiger partial charge < -0.3 is 15.5 Å². The third-order valence-electron chi connectivity index (χ3n) is 4.16. The van der Waals surface area contributed by atoms with E-state index >= 15 is 0 Å². The number of urea groups is 1. The Morgan fingerprint density at radius 2 is 1.91 bits per heavy atom. The Labute approximate surface area is 138 Å². The van der Waals surface area contributed by atoms with Crippen LogP contribution in [0.1, 0.15) is 32.3 Å². The van der Waals surface area contributed by atoms with Crippen LogP contribution in [0.5, 0.6) is 0 Å². The number of rotatable bonds is 6. The van der Waals surface area contributed by atoms with Gasteiger partial charge >= 0.3 is 6.03 Å². The summed E-state index contributed by atoms with van der Waals surface area (Å²) in [6.07, 6.45) is 2.73. The van der Waals surface area contributed by atoms with E-state index in [1.165, 1.54) is 12.1 Å². The molecule has 1 aliphatic rings. The number of nitrogens with zero attached hydrogens (tertiary/aromatic N) is 1. The number of likely N-dealkylation sites (tertiary alicyclic amines) is 1. The van der Waals surface area contributed by atoms with Crippen molar-refractivity contribution in [2.45, 2.75) is 39.2 Å². The fourth-order valence-electron chi connectivity index (χ4n) is 2.98. The van der Waals surface area contributed by atoms with E-state index in [0.717, 1.165) is 38.0 Å². The number of benzene rings is 1. The summed E-state index contributed by atoms with van der Waals surface area (Å²) in [5.41, 5.74) is 1.02. The predicted octanol–water partition coefficient (Wildman–Crippen LogP) is 2.79. The van der Waals surface area contributed by atoms with Crippen molar-refractivity contribution in [2.24, 2.45) is 5.92 Å². The normalized spacial score (nSPS) is 16.5. The van der Waals surface area contributed by atoms with Crippen LogP contribution in [0.25, 0.3) is 0 Å². The molecule has 0 bridgehead atoms. The Balaban J connectivity index is 1.61. The molecule has 23 heavy (non-hydrogen) atoms. The molecule has 1 heterocycles. The van der Waals surface area contributed by atoms with Crippen molar-refractivity contribution in [1.82, 2.24) is 15.5 Å². The van der Waals surface area contributed by atoms with Gasteiger partial charge in [0.05, 0.1) is 0 Å². The van der Waals surface area contributed by atoms with E-state index < -0.39 is 0 Å². The minimum Gasteiger partial charge on any atom is -0.338 e. The van der Waals surface area contributed by atoms with Crippen LogP contribution >= 0.6 is 0 Å². The van der Waals surface area contributed by atoms with E-state index in [1.54, 1.807) is 12.1 Å². The molecule has 0 aromatic heterocycles. The first-order valence-electron chi connectivity index (χ1n) is 8.54. The van der Waals surface area contributed by atoms with E-state index in [0.29, 0.717) is 18.9 Å². The van der Waals surface area contributed by atoms with Gasteiger partial charge in [0.2, 0.25) is 0 Å². The van der Waals surface area contributed by atoms with Gasteiger partial charge in [-0.25, -0.2) is 9.18 Å². The van der Waals surface area contributed by atoms with Crippen LogP contribution in [0.2, 0.25) is 0 Å². The first-order chi connectivity index (χ1) is 11.0. The average molecular weight is 321 g/mol. The van der Waals surface area contributed by atoms with Crippen LogP contribution in [0.15, 0.2) is 24.3 Å². The molecular formula is C18H28FN3O. The second-order valence-electron chi connectivity index (χ2n) is 6.75. The number of halogens is 1. The zero-order valence-electron chi connectivity index (χ0n) is 14.1. The number of carbonyl (C=O) groups excluding carboxylic acids is 1. The first kappa shape index (κ1) is 17.7. The van der Waals surface area contributed by atoms with Crippen molar-refractivity contribution < 1.29 is 9.18 Å². The third kappa shape index (κ3) is 6.57. The second-order valence-corrected chi connectivity index (χ2v) is 6.75. The molecule has 0 spiro atoms. The van der Waals surface area contributed by atoms with Crippen molar-refractivity contribution >= 4 is 6.03 Å². The van der Waals surface area contributed by atoms with E-state index in [-0.39, 0.29) is 17.9 Å². The summed E-state index contributed by atoms with van der Waals surface area (Å²) < 4.78 is 12.8. The number of piperidine rings is 1. The molecule has 2 N–H and O–H groups in total. The Kier molecular flexibility index (Phi) is 6.84. The molecule has 1 saturated heterocycles. The van der Waals surface area contributed by atoms with Gasteiger partial charge in [0.25, 0.3) is 0 Å². The zero-order chi connectivity index (χ0) is 16.7. The summed E-state index contributed by atoms with van der Waals surface area (Å²) in [7, 11) is 0. The summed E-state index contributed by atoms with van der Waals surface area (Å²) >= 11 is 0. The van der Waals surface area contributed by atoms with Gasteiger partial charge in [-0.15, -0.1) is 0 Å². The molecule has 1 aromatic carbocycles. The maximum atomic E-state index is 12.8. The quantitative estimate of drug-likeness (QED) is 0.846. The minimum absolute atomic E-state index is 0.102. The lowest BCUT2D eigenvalue weighted by Gasteiger charge is -2.33. The highest BCUT2D eigenvalue weighted by atomic mass is 19.1. The Hall–Kier alpha value is -1.62. The summed E-state index contributed by atoms with van der Waals surface area (Å²) in [5, 5.41) is 5.93. The molecule has 5 heteroatoms. The van der Waals surface area contributed by atoms with E-state index in [9.17, 15) is 9.18 Å². The Morgan fingerprint density at radius 1 is 1.26 bits per heavy atom. The summed E-state index contributed by atoms with van der Waals surface area (Å²) in [6, 6.07) is 6.55. The van der Waals surface area contributed by atoms with Crippen LogP contribution < -0.4 is 10.6 Å². The van der Waals surface area contributed by atoms with Crippen molar-refractivity contribution in [2.75, 3.05) is 26.2 Å². The van der Waals surface area contributed by atoms with Crippen molar-refractivity contribution in [1.29, 1.82) is 0 Å². The van der Waals surface area contributed by atoms with Gasteiger partial charge in [0.15, 0.2) is 0 Å². The molecule has 0 unspecified atom stereocenters. The van der Waals surface area contributed by atoms with E-state index in [2.05, 4.69) is 29.4 Å². The van der Waals surface area contributed by atoms with Crippen LogP contribution in [0.4, 0.5) is 9.18 Å². The molecular weight excluding hydrogens is 293 g/mol. The van der Waals surface area contributed by atoms with E-state index in [4.69, 9.17) is 0 Å². The number of nitrogens with one attached hydrogen (secondary N) is 2. The maximum absolute atomic E-state index is 12.8. The lowest BCUT2D eigenvalue weighted by atomic mass is 10.0. The number of hydrogen-bond donors (Lipinski definition) is 2. The van der Waals surface area contributed by atoms with Crippen LogP contribution in [0, 0.1) is 11.7 Å². The van der Waals surface area contributed by atoms with Gasteiger partial charge in [-0.2, -0.15) is 0 Å². The zero-order valence-corrected chi connectivity index (χ0v) is 14.1. The first-order valence-corrected chi connectivity index (χ1v) is 8.54. The monoisotopic (exact) mass is 321 g/mol. The molecule has 1 aliphatic heterocycles. The van der Waals surface area contributed by atoms with Gasteiger partial charge in [-0.05, 0) is 42.9 Å². The molecule has 0 atom stereocenters. The summed E-state index contributed by atoms with van der Waals surface area (Å²) in [5.74, 6) is 0.456. The van der Waals surface area contributed by atoms with Crippen LogP contribution in [-0.2, 0) is 6.42 Å². The molecule has 0 radical (unpaired) electrons. The highest BCUT2D eigenvalue weighted by molar-refractivity contribution is 5.74. The highest BCUT2D eigenvalue weighted by Gasteiger charge is 2.20. The topological polar surface area (TPSA) is 44.4 Å². The fraction of sp³-hybridized carbons (Fsp3) is 0.611. The number of hydrogen-bond acceptors (Lipinski definition) is 2. The molecule has 2 amide bonds. The van der Waals surface area contributed by atoms with Gasteiger partial charge in [0, 0.05) is 32.2 Å². The van der Waals surface area contributed by atoms with Gasteiger partial charge in [-0.1, -0.05) is 26.0 Å². The Morgan fingerprint density at radius 3 is 2.52 bits per heavy atom. The standard InChI is InChI=1S/C18H28FN3O/c1-14(2)13-22-11-8-17(9-12-22)21-18(23)20-10-7-15-3-5-16(19)6-4-15/h3-6,14,17H,7-13H2,1-2H3,(H2,20,21,23). The molecule has 2 rings (SSSR count).